The number of carbonyl (C=O) groups excluding carboxylic acids is 3. The number of para-hydroxylation sites is 3. The van der Waals surface area contributed by atoms with E-state index in [0.29, 0.717) is 119 Å². The minimum Gasteiger partial charge on any atom is -0.457 e. The Kier molecular flexibility index (Phi) is 27.1. The number of halogens is 2. The quantitative estimate of drug-likeness (QED) is 0.0448. The minimum atomic E-state index is -0.0376. The maximum absolute atomic E-state index is 13.0. The van der Waals surface area contributed by atoms with E-state index in [-0.39, 0.29) is 35.8 Å². The Labute approximate surface area is 714 Å². The molecule has 5 aliphatic rings. The van der Waals surface area contributed by atoms with Crippen LogP contribution in [0.15, 0.2) is 219 Å². The third-order valence-electron chi connectivity index (χ3n) is 23.1. The van der Waals surface area contributed by atoms with Crippen molar-refractivity contribution in [3.05, 3.63) is 235 Å². The molecule has 5 atom stereocenters. The third-order valence-corrected chi connectivity index (χ3v) is 23.8. The maximum Gasteiger partial charge on any atom is 0.246 e. The van der Waals surface area contributed by atoms with Crippen LogP contribution in [0, 0.1) is 6.92 Å². The van der Waals surface area contributed by atoms with E-state index in [1.807, 2.05) is 206 Å². The molecule has 626 valence electrons. The number of hydrogen-bond acceptors (Lipinski definition) is 20. The molecule has 6 aromatic carbocycles. The monoisotopic (exact) mass is 1670 g/mol. The molecule has 12 aromatic rings. The van der Waals surface area contributed by atoms with Crippen molar-refractivity contribution in [2.45, 2.75) is 82.6 Å². The Morgan fingerprint density at radius 3 is 1.11 bits per heavy atom. The number of carbonyl (C=O) groups is 3. The van der Waals surface area contributed by atoms with E-state index in [1.54, 1.807) is 18.2 Å². The van der Waals surface area contributed by atoms with Crippen molar-refractivity contribution in [1.82, 2.24) is 73.0 Å². The number of benzene rings is 6. The number of ether oxygens (including phenoxy) is 5. The van der Waals surface area contributed by atoms with Crippen LogP contribution < -0.4 is 31.4 Å². The van der Waals surface area contributed by atoms with Gasteiger partial charge in [0.05, 0.1) is 47.5 Å². The highest BCUT2D eigenvalue weighted by Gasteiger charge is 2.36. The molecule has 28 heteroatoms. The molecule has 17 rings (SSSR count). The first kappa shape index (κ1) is 84.0. The van der Waals surface area contributed by atoms with Crippen LogP contribution in [0.4, 0.5) is 17.5 Å². The first-order chi connectivity index (χ1) is 58.9. The summed E-state index contributed by atoms with van der Waals surface area (Å²) in [7, 11) is 6.20. The van der Waals surface area contributed by atoms with Gasteiger partial charge in [0.2, 0.25) is 17.7 Å². The van der Waals surface area contributed by atoms with Gasteiger partial charge in [-0.15, -0.1) is 0 Å². The van der Waals surface area contributed by atoms with Crippen LogP contribution in [0.3, 0.4) is 0 Å². The predicted octanol–water partition coefficient (Wildman–Crippen LogP) is 15.8. The van der Waals surface area contributed by atoms with Gasteiger partial charge in [-0.3, -0.25) is 24.2 Å². The second kappa shape index (κ2) is 39.0. The molecule has 26 nitrogen and oxygen atoms in total. The highest BCUT2D eigenvalue weighted by atomic mass is 35.5. The van der Waals surface area contributed by atoms with E-state index >= 15 is 0 Å². The highest BCUT2D eigenvalue weighted by molar-refractivity contribution is 6.36. The van der Waals surface area contributed by atoms with Gasteiger partial charge in [-0.1, -0.05) is 139 Å². The molecule has 0 unspecified atom stereocenters. The molecular formula is C93H102Cl2N18O8. The van der Waals surface area contributed by atoms with Crippen LogP contribution in [-0.2, 0) is 23.9 Å². The highest BCUT2D eigenvalue weighted by Crippen LogP contribution is 2.47. The lowest BCUT2D eigenvalue weighted by molar-refractivity contribution is -0.125. The number of nitrogens with two attached hydrogens (primary N) is 3. The number of rotatable bonds is 25. The SMILES string of the molecule is CCCN(C)C/C=C/C(=O)N1CC[C@@H](n2c(Cl)c(-c3ccc(Oc4ccccc4)cc3)c3c(N)ncnc32)C1.CN(C/C=C/C(=O)N1CC[C@@H](n2c(Cl)c(-c3ccc(Oc4ccccc4)cc3)c3c(N)ncnc32)C1)[C@H]1CCOC1.Cc1c(-c2ccc(Oc3ccccc3)cc2)c2c(N)ncnc2n1[C@@H]1CCN(C(=O)/C=C/CN(C)[C@@H]2CCOC2)C1. The molecule has 5 aliphatic heterocycles. The Morgan fingerprint density at radius 2 is 0.760 bits per heavy atom. The number of aromatic nitrogens is 9. The zero-order chi connectivity index (χ0) is 84.0. The fourth-order valence-electron chi connectivity index (χ4n) is 16.7. The molecule has 0 aliphatic carbocycles. The Morgan fingerprint density at radius 1 is 0.438 bits per heavy atom. The number of likely N-dealkylation sites (N-methyl/N-ethyl adjacent to an activating group) is 3. The van der Waals surface area contributed by atoms with E-state index in [2.05, 4.69) is 84.2 Å². The third kappa shape index (κ3) is 19.4. The van der Waals surface area contributed by atoms with Gasteiger partial charge < -0.3 is 74.2 Å². The van der Waals surface area contributed by atoms with E-state index in [0.717, 1.165) is 158 Å². The van der Waals surface area contributed by atoms with Crippen LogP contribution in [0.5, 0.6) is 34.5 Å². The number of fused-ring (bicyclic) bond motifs is 3. The van der Waals surface area contributed by atoms with Crippen molar-refractivity contribution in [1.29, 1.82) is 0 Å². The molecule has 6 aromatic heterocycles. The van der Waals surface area contributed by atoms with E-state index < -0.39 is 0 Å². The molecule has 0 bridgehead atoms. The second-order valence-corrected chi connectivity index (χ2v) is 31.9. The Bertz CT molecular complexity index is 5430. The van der Waals surface area contributed by atoms with Crippen molar-refractivity contribution >= 4 is 91.5 Å². The van der Waals surface area contributed by atoms with Gasteiger partial charge in [0.1, 0.15) is 98.2 Å². The molecule has 0 spiro atoms. The number of nitrogen functional groups attached to an aromatic ring is 3. The average molecular weight is 1670 g/mol. The molecule has 121 heavy (non-hydrogen) atoms. The number of amides is 3. The van der Waals surface area contributed by atoms with Crippen LogP contribution in [0.2, 0.25) is 10.3 Å². The summed E-state index contributed by atoms with van der Waals surface area (Å²) >= 11 is 14.2. The zero-order valence-corrected chi connectivity index (χ0v) is 70.3. The molecule has 5 fully saturated rings. The average Bonchev–Trinajstić information content (AvgIpc) is 1.60. The summed E-state index contributed by atoms with van der Waals surface area (Å²) in [6.07, 6.45) is 20.8. The van der Waals surface area contributed by atoms with Crippen molar-refractivity contribution in [2.24, 2.45) is 0 Å². The molecule has 0 saturated carbocycles. The molecular weight excluding hydrogens is 1570 g/mol. The summed E-state index contributed by atoms with van der Waals surface area (Å²) in [5.41, 5.74) is 27.7. The Hall–Kier alpha value is -12.0. The Balaban J connectivity index is 0.000000141. The first-order valence-electron chi connectivity index (χ1n) is 41.3. The molecule has 11 heterocycles. The standard InChI is InChI=1S/C32H36N6O3.C31H33ClN6O3.C30H33ClN6O2/c1-22-29(23-10-12-27(13-11-23)41-26-7-4-3-5-8-26)30-31(33)34-21-35-32(30)38(22)24-14-17-37(19-24)28(39)9-6-16-36(2)25-15-18-40-20-25;1-36(23-14-17-40-19-23)15-5-8-26(39)37-16-13-22(18-37)38-29(32)27(28-30(33)34-20-35-31(28)38)21-9-11-25(12-10-21)41-24-6-3-2-4-7-24;1-3-16-35(2)17-7-10-25(38)36-18-15-22(19-36)37-28(31)26(27-29(32)33-20-34-30(27)37)21-11-13-24(14-12-21)39-23-8-5-4-6-9-23/h3-13,21,24-25H,14-20H2,1-2H3,(H2,33,34,35);2-12,20,22-23H,13-19H2,1H3,(H2,33,34,35);4-14,20,22H,3,15-19H2,1-2H3,(H2,32,33,34)/b9-6+;8-5+;10-7+/t24-,25-;22-,23+;22-/m111/s1. The topological polar surface area (TPSA) is 287 Å². The normalized spacial score (nSPS) is 18.0. The lowest BCUT2D eigenvalue weighted by atomic mass is 10.0. The maximum atomic E-state index is 13.0. The second-order valence-electron chi connectivity index (χ2n) is 31.2. The summed E-state index contributed by atoms with van der Waals surface area (Å²) in [5.74, 6) is 5.73. The van der Waals surface area contributed by atoms with E-state index in [9.17, 15) is 14.4 Å². The van der Waals surface area contributed by atoms with Gasteiger partial charge in [-0.25, -0.2) is 29.9 Å². The summed E-state index contributed by atoms with van der Waals surface area (Å²) in [4.78, 5) is 77.8. The number of likely N-dealkylation sites (tertiary alicyclic amines) is 3. The van der Waals surface area contributed by atoms with Gasteiger partial charge in [-0.05, 0) is 163 Å². The van der Waals surface area contributed by atoms with Gasteiger partial charge >= 0.3 is 0 Å². The summed E-state index contributed by atoms with van der Waals surface area (Å²) in [6.45, 7) is 14.2. The fourth-order valence-corrected chi connectivity index (χ4v) is 17.6. The fraction of sp³-hybridized carbons (Fsp3) is 0.323. The first-order valence-corrected chi connectivity index (χ1v) is 42.0. The number of anilines is 3. The lowest BCUT2D eigenvalue weighted by Crippen LogP contribution is -2.32. The largest absolute Gasteiger partial charge is 0.457 e. The summed E-state index contributed by atoms with van der Waals surface area (Å²) in [5, 5.41) is 3.31. The van der Waals surface area contributed by atoms with Crippen molar-refractivity contribution < 1.29 is 38.1 Å². The summed E-state index contributed by atoms with van der Waals surface area (Å²) in [6, 6.07) is 53.3. The molecule has 3 amide bonds. The van der Waals surface area contributed by atoms with Gasteiger partial charge in [-0.2, -0.15) is 0 Å². The molecule has 6 N–H and O–H groups in total. The van der Waals surface area contributed by atoms with E-state index in [1.165, 1.54) is 19.0 Å². The van der Waals surface area contributed by atoms with Gasteiger partial charge in [0.25, 0.3) is 0 Å². The van der Waals surface area contributed by atoms with Crippen LogP contribution in [-0.4, -0.2) is 216 Å². The summed E-state index contributed by atoms with van der Waals surface area (Å²) < 4.78 is 35.1. The smallest absolute Gasteiger partial charge is 0.246 e. The van der Waals surface area contributed by atoms with Crippen LogP contribution in [0.1, 0.15) is 69.3 Å². The molecule has 0 radical (unpaired) electrons. The predicted molar refractivity (Wildman–Crippen MR) is 476 cm³/mol. The van der Waals surface area contributed by atoms with E-state index in [4.69, 9.17) is 64.1 Å². The molecule has 5 saturated heterocycles. The van der Waals surface area contributed by atoms with Crippen molar-refractivity contribution in [3.8, 4) is 67.9 Å². The van der Waals surface area contributed by atoms with Gasteiger partial charge in [0, 0.05) is 125 Å². The van der Waals surface area contributed by atoms with Crippen LogP contribution in [0.25, 0.3) is 66.5 Å². The van der Waals surface area contributed by atoms with Crippen molar-refractivity contribution in [3.63, 3.8) is 0 Å². The van der Waals surface area contributed by atoms with Gasteiger partial charge in [0.15, 0.2) is 0 Å². The van der Waals surface area contributed by atoms with Crippen LogP contribution >= 0.6 is 23.2 Å². The lowest BCUT2D eigenvalue weighted by Gasteiger charge is -2.21. The zero-order valence-electron chi connectivity index (χ0n) is 68.8. The number of nitrogens with zero attached hydrogens (tertiary/aromatic N) is 15. The number of hydrogen-bond donors (Lipinski definition) is 3. The van der Waals surface area contributed by atoms with Crippen molar-refractivity contribution in [2.75, 3.05) is 130 Å². The minimum absolute atomic E-state index is 0.000441.